The summed E-state index contributed by atoms with van der Waals surface area (Å²) in [7, 11) is 0. The summed E-state index contributed by atoms with van der Waals surface area (Å²) in [5.41, 5.74) is -0.526. The monoisotopic (exact) mass is 268 g/mol. The quantitative estimate of drug-likeness (QED) is 0.612. The molecule has 5 nitrogen and oxygen atoms in total. The van der Waals surface area contributed by atoms with Crippen LogP contribution in [0.25, 0.3) is 0 Å². The van der Waals surface area contributed by atoms with Gasteiger partial charge in [-0.3, -0.25) is 9.79 Å². The van der Waals surface area contributed by atoms with E-state index >= 15 is 0 Å². The van der Waals surface area contributed by atoms with E-state index in [0.29, 0.717) is 12.6 Å². The molecule has 18 heavy (non-hydrogen) atoms. The first-order chi connectivity index (χ1) is 8.68. The molecular weight excluding hydrogens is 252 g/mol. The topological polar surface area (TPSA) is 59.9 Å². The molecule has 2 heterocycles. The van der Waals surface area contributed by atoms with Crippen molar-refractivity contribution in [3.8, 4) is 0 Å². The first-order valence-corrected chi connectivity index (χ1v) is 7.01. The molecule has 2 aliphatic heterocycles. The number of hydrogen-bond acceptors (Lipinski definition) is 5. The van der Waals surface area contributed by atoms with Crippen molar-refractivity contribution in [3.05, 3.63) is 12.2 Å². The van der Waals surface area contributed by atoms with Crippen LogP contribution in [-0.2, 0) is 14.3 Å². The summed E-state index contributed by atoms with van der Waals surface area (Å²) in [5.74, 6) is -0.276. The lowest BCUT2D eigenvalue weighted by Gasteiger charge is -2.32. The molecule has 0 aromatic carbocycles. The van der Waals surface area contributed by atoms with Gasteiger partial charge in [0, 0.05) is 6.92 Å². The Hall–Kier alpha value is -1.01. The number of nitrogens with zero attached hydrogens (tertiary/aromatic N) is 1. The maximum atomic E-state index is 11.0. The number of fused-ring (bicyclic) bond motifs is 1. The van der Waals surface area contributed by atoms with Crippen LogP contribution in [0.2, 0.25) is 0 Å². The van der Waals surface area contributed by atoms with Crippen molar-refractivity contribution < 1.29 is 14.3 Å². The summed E-state index contributed by atoms with van der Waals surface area (Å²) in [6, 6.07) is 0.468. The van der Waals surface area contributed by atoms with E-state index in [9.17, 15) is 4.79 Å². The number of esters is 1. The fourth-order valence-electron chi connectivity index (χ4n) is 2.00. The van der Waals surface area contributed by atoms with Crippen LogP contribution in [0.4, 0.5) is 0 Å². The zero-order chi connectivity index (χ0) is 12.6. The van der Waals surface area contributed by atoms with E-state index in [1.54, 1.807) is 11.8 Å². The Morgan fingerprint density at radius 1 is 1.72 bits per heavy atom. The first-order valence-electron chi connectivity index (χ1n) is 6.13. The summed E-state index contributed by atoms with van der Waals surface area (Å²) < 4.78 is 10.9. The second-order valence-corrected chi connectivity index (χ2v) is 5.85. The number of hydrogen-bond donors (Lipinski definition) is 1. The summed E-state index contributed by atoms with van der Waals surface area (Å²) >= 11 is 1.59. The molecule has 2 atom stereocenters. The van der Waals surface area contributed by atoms with Crippen LogP contribution in [0.3, 0.4) is 0 Å². The molecule has 0 aromatic rings. The van der Waals surface area contributed by atoms with Gasteiger partial charge < -0.3 is 14.8 Å². The van der Waals surface area contributed by atoms with Gasteiger partial charge in [0.15, 0.2) is 5.17 Å². The first kappa shape index (κ1) is 12.0. The van der Waals surface area contributed by atoms with Crippen molar-refractivity contribution in [1.82, 2.24) is 5.32 Å². The Labute approximate surface area is 110 Å². The third-order valence-corrected chi connectivity index (χ3v) is 4.30. The number of nitrogens with one attached hydrogen (secondary N) is 1. The standard InChI is InChI=1S/C12H16N2O3S/c1-8(15)17-7-12-5-2-6-16-10(12)18-11(14-12)13-9-3-4-9/h2,5,9-10H,3-4,6-7H2,1H3,(H,13,14). The Balaban J connectivity index is 1.76. The van der Waals surface area contributed by atoms with Crippen molar-refractivity contribution in [2.75, 3.05) is 13.2 Å². The van der Waals surface area contributed by atoms with Crippen LogP contribution in [0.15, 0.2) is 17.1 Å². The van der Waals surface area contributed by atoms with Gasteiger partial charge >= 0.3 is 5.97 Å². The highest BCUT2D eigenvalue weighted by molar-refractivity contribution is 8.14. The average Bonchev–Trinajstić information content (AvgIpc) is 3.06. The van der Waals surface area contributed by atoms with Crippen molar-refractivity contribution in [1.29, 1.82) is 0 Å². The van der Waals surface area contributed by atoms with Crippen LogP contribution in [-0.4, -0.2) is 41.4 Å². The van der Waals surface area contributed by atoms with E-state index in [2.05, 4.69) is 10.3 Å². The highest BCUT2D eigenvalue weighted by Gasteiger charge is 2.48. The van der Waals surface area contributed by atoms with Crippen LogP contribution in [0.5, 0.6) is 0 Å². The van der Waals surface area contributed by atoms with Gasteiger partial charge in [-0.2, -0.15) is 0 Å². The molecule has 2 unspecified atom stereocenters. The van der Waals surface area contributed by atoms with Crippen molar-refractivity contribution in [2.24, 2.45) is 4.99 Å². The van der Waals surface area contributed by atoms with Crippen molar-refractivity contribution in [2.45, 2.75) is 36.8 Å². The zero-order valence-electron chi connectivity index (χ0n) is 10.2. The summed E-state index contributed by atoms with van der Waals surface area (Å²) in [6.07, 6.45) is 6.33. The van der Waals surface area contributed by atoms with E-state index in [0.717, 1.165) is 5.17 Å². The lowest BCUT2D eigenvalue weighted by atomic mass is 10.00. The number of rotatable bonds is 3. The molecule has 1 saturated heterocycles. The van der Waals surface area contributed by atoms with Crippen molar-refractivity contribution in [3.63, 3.8) is 0 Å². The number of thioether (sulfide) groups is 1. The van der Waals surface area contributed by atoms with Gasteiger partial charge in [0.25, 0.3) is 0 Å². The molecule has 1 aliphatic carbocycles. The van der Waals surface area contributed by atoms with E-state index in [1.165, 1.54) is 19.8 Å². The van der Waals surface area contributed by atoms with Gasteiger partial charge in [-0.05, 0) is 12.8 Å². The smallest absolute Gasteiger partial charge is 0.302 e. The summed E-state index contributed by atoms with van der Waals surface area (Å²) in [4.78, 5) is 15.6. The summed E-state index contributed by atoms with van der Waals surface area (Å²) in [6.45, 7) is 2.29. The van der Waals surface area contributed by atoms with E-state index in [4.69, 9.17) is 9.47 Å². The predicted molar refractivity (Wildman–Crippen MR) is 69.4 cm³/mol. The molecule has 1 N–H and O–H groups in total. The number of amidine groups is 1. The minimum Gasteiger partial charge on any atom is -0.463 e. The van der Waals surface area contributed by atoms with Gasteiger partial charge in [0.05, 0.1) is 12.6 Å². The molecule has 3 rings (SSSR count). The molecule has 0 amide bonds. The van der Waals surface area contributed by atoms with Gasteiger partial charge in [-0.25, -0.2) is 0 Å². The van der Waals surface area contributed by atoms with E-state index in [-0.39, 0.29) is 18.0 Å². The van der Waals surface area contributed by atoms with Gasteiger partial charge in [-0.1, -0.05) is 23.9 Å². The molecule has 2 fully saturated rings. The number of aliphatic imine (C=N–C) groups is 1. The Morgan fingerprint density at radius 2 is 2.56 bits per heavy atom. The number of ether oxygens (including phenoxy) is 2. The molecular formula is C12H16N2O3S. The molecule has 0 bridgehead atoms. The number of carbonyl (C=O) groups excluding carboxylic acids is 1. The molecule has 1 saturated carbocycles. The van der Waals surface area contributed by atoms with E-state index < -0.39 is 5.54 Å². The molecule has 6 heteroatoms. The summed E-state index contributed by atoms with van der Waals surface area (Å²) in [5, 5.41) is 4.26. The van der Waals surface area contributed by atoms with Crippen molar-refractivity contribution >= 4 is 22.9 Å². The lowest BCUT2D eigenvalue weighted by molar-refractivity contribution is -0.143. The Bertz CT molecular complexity index is 420. The predicted octanol–water partition coefficient (Wildman–Crippen LogP) is 1.06. The fourth-order valence-corrected chi connectivity index (χ4v) is 3.23. The van der Waals surface area contributed by atoms with Crippen LogP contribution in [0.1, 0.15) is 19.8 Å². The molecule has 3 aliphatic rings. The minimum atomic E-state index is -0.456. The Kier molecular flexibility index (Phi) is 3.07. The number of carbonyl (C=O) groups is 1. The molecule has 0 radical (unpaired) electrons. The average molecular weight is 268 g/mol. The second kappa shape index (κ2) is 4.59. The lowest BCUT2D eigenvalue weighted by Crippen LogP contribution is -2.53. The van der Waals surface area contributed by atoms with E-state index in [1.807, 2.05) is 12.2 Å². The molecule has 0 aromatic heterocycles. The van der Waals surface area contributed by atoms with Gasteiger partial charge in [-0.15, -0.1) is 0 Å². The van der Waals surface area contributed by atoms with Crippen LogP contribution in [0, 0.1) is 0 Å². The third-order valence-electron chi connectivity index (χ3n) is 3.10. The van der Waals surface area contributed by atoms with Gasteiger partial charge in [0.2, 0.25) is 0 Å². The van der Waals surface area contributed by atoms with Gasteiger partial charge in [0.1, 0.15) is 17.6 Å². The largest absolute Gasteiger partial charge is 0.463 e. The molecule has 98 valence electrons. The molecule has 0 spiro atoms. The SMILES string of the molecule is CC(=O)OCC12C=CCOC1SC(=NC1CC1)N2. The zero-order valence-corrected chi connectivity index (χ0v) is 11.0. The highest BCUT2D eigenvalue weighted by atomic mass is 32.2. The maximum absolute atomic E-state index is 11.0. The van der Waals surface area contributed by atoms with Crippen LogP contribution >= 0.6 is 11.8 Å². The second-order valence-electron chi connectivity index (χ2n) is 4.80. The van der Waals surface area contributed by atoms with Crippen LogP contribution < -0.4 is 5.32 Å². The third kappa shape index (κ3) is 2.40. The Morgan fingerprint density at radius 3 is 3.28 bits per heavy atom. The maximum Gasteiger partial charge on any atom is 0.302 e. The normalized spacial score (nSPS) is 36.3. The highest BCUT2D eigenvalue weighted by Crippen LogP contribution is 2.38. The fraction of sp³-hybridized carbons (Fsp3) is 0.667. The minimum absolute atomic E-state index is 0.0700.